The predicted molar refractivity (Wildman–Crippen MR) is 150 cm³/mol. The number of benzene rings is 2. The fraction of sp³-hybridized carbons (Fsp3) is 0.419. The zero-order valence-corrected chi connectivity index (χ0v) is 22.9. The zero-order chi connectivity index (χ0) is 27.6. The number of para-hydroxylation sites is 1. The second-order valence-electron chi connectivity index (χ2n) is 10.5. The summed E-state index contributed by atoms with van der Waals surface area (Å²) < 4.78 is 0. The Morgan fingerprint density at radius 3 is 2.45 bits per heavy atom. The van der Waals surface area contributed by atoms with Crippen LogP contribution in [0, 0.1) is 23.7 Å². The number of fused-ring (bicyclic) bond motifs is 1. The Balaban J connectivity index is 1.61. The molecular formula is C31H36ClNO5. The van der Waals surface area contributed by atoms with Crippen LogP contribution < -0.4 is 4.90 Å². The molecule has 1 aliphatic heterocycles. The Labute approximate surface area is 229 Å². The molecule has 202 valence electrons. The summed E-state index contributed by atoms with van der Waals surface area (Å²) in [6.45, 7) is 5.77. The predicted octanol–water partition coefficient (Wildman–Crippen LogP) is 5.75. The lowest BCUT2D eigenvalue weighted by molar-refractivity contribution is -0.123. The van der Waals surface area contributed by atoms with E-state index in [-0.39, 0.29) is 30.1 Å². The van der Waals surface area contributed by atoms with Gasteiger partial charge in [-0.1, -0.05) is 67.8 Å². The topological polar surface area (TPSA) is 98.1 Å². The van der Waals surface area contributed by atoms with Crippen LogP contribution in [-0.2, 0) is 9.59 Å². The second kappa shape index (κ2) is 11.9. The summed E-state index contributed by atoms with van der Waals surface area (Å²) in [6.07, 6.45) is 3.29. The number of hydrogen-bond acceptors (Lipinski definition) is 5. The van der Waals surface area contributed by atoms with Crippen LogP contribution in [0.15, 0.2) is 65.3 Å². The van der Waals surface area contributed by atoms with E-state index in [2.05, 4.69) is 0 Å². The molecule has 0 aromatic heterocycles. The fourth-order valence-electron chi connectivity index (χ4n) is 5.96. The number of amides is 2. The monoisotopic (exact) mass is 537 g/mol. The molecule has 4 rings (SSSR count). The number of hydrogen-bond donors (Lipinski definition) is 3. The second-order valence-corrected chi connectivity index (χ2v) is 10.9. The van der Waals surface area contributed by atoms with Crippen molar-refractivity contribution in [3.63, 3.8) is 0 Å². The third-order valence-electron chi connectivity index (χ3n) is 7.92. The molecular weight excluding hydrogens is 502 g/mol. The Morgan fingerprint density at radius 1 is 1.13 bits per heavy atom. The van der Waals surface area contributed by atoms with Gasteiger partial charge >= 0.3 is 0 Å². The molecule has 2 aliphatic rings. The van der Waals surface area contributed by atoms with E-state index >= 15 is 0 Å². The van der Waals surface area contributed by atoms with Crippen LogP contribution in [0.5, 0.6) is 5.75 Å². The van der Waals surface area contributed by atoms with Gasteiger partial charge in [0.1, 0.15) is 5.75 Å². The molecule has 1 aliphatic carbocycles. The fourth-order valence-corrected chi connectivity index (χ4v) is 6.19. The van der Waals surface area contributed by atoms with E-state index in [1.54, 1.807) is 36.4 Å². The van der Waals surface area contributed by atoms with Crippen molar-refractivity contribution in [2.75, 3.05) is 11.5 Å². The number of anilines is 1. The number of rotatable bonds is 9. The lowest BCUT2D eigenvalue weighted by Gasteiger charge is -2.38. The molecule has 1 saturated heterocycles. The standard InChI is InChI=1S/C31H36ClNO5/c1-4-19(14-20-11-12-22(35)15-26(20)32)10-13-27(36)28-23(18(2)3)16-24-29(25(28)17-34)31(38)33(30(24)37)21-8-6-5-7-9-21/h5-9,11-12,14-15,18,24-25,27,29,34-36H,4,10,13,16-17H2,1-3H3/b19-14+/t24-,25+,27-,29-/m1/s1. The number of aliphatic hydroxyl groups is 2. The molecule has 2 aromatic carbocycles. The quantitative estimate of drug-likeness (QED) is 0.279. The first-order chi connectivity index (χ1) is 18.2. The largest absolute Gasteiger partial charge is 0.508 e. The van der Waals surface area contributed by atoms with Gasteiger partial charge in [0.15, 0.2) is 0 Å². The highest BCUT2D eigenvalue weighted by atomic mass is 35.5. The molecule has 1 fully saturated rings. The van der Waals surface area contributed by atoms with E-state index < -0.39 is 23.9 Å². The Kier molecular flexibility index (Phi) is 8.76. The molecule has 2 amide bonds. The van der Waals surface area contributed by atoms with Crippen LogP contribution in [0.1, 0.15) is 52.0 Å². The molecule has 0 saturated carbocycles. The van der Waals surface area contributed by atoms with Crippen molar-refractivity contribution in [3.8, 4) is 5.75 Å². The molecule has 0 spiro atoms. The van der Waals surface area contributed by atoms with Gasteiger partial charge < -0.3 is 15.3 Å². The maximum atomic E-state index is 13.6. The number of aromatic hydroxyl groups is 1. The van der Waals surface area contributed by atoms with E-state index in [4.69, 9.17) is 11.6 Å². The van der Waals surface area contributed by atoms with E-state index in [9.17, 15) is 24.9 Å². The summed E-state index contributed by atoms with van der Waals surface area (Å²) in [5.74, 6) is -2.25. The first-order valence-corrected chi connectivity index (χ1v) is 13.7. The van der Waals surface area contributed by atoms with E-state index in [1.165, 1.54) is 11.0 Å². The molecule has 4 atom stereocenters. The minimum absolute atomic E-state index is 0.0558. The van der Waals surface area contributed by atoms with Crippen molar-refractivity contribution in [1.29, 1.82) is 0 Å². The Bertz CT molecular complexity index is 1250. The molecule has 1 heterocycles. The van der Waals surface area contributed by atoms with Gasteiger partial charge in [0, 0.05) is 5.92 Å². The first kappa shape index (κ1) is 28.1. The van der Waals surface area contributed by atoms with Crippen LogP contribution in [-0.4, -0.2) is 39.8 Å². The smallest absolute Gasteiger partial charge is 0.238 e. The number of nitrogens with zero attached hydrogens (tertiary/aromatic N) is 1. The van der Waals surface area contributed by atoms with Gasteiger partial charge in [0.05, 0.1) is 35.3 Å². The highest BCUT2D eigenvalue weighted by molar-refractivity contribution is 6.32. The van der Waals surface area contributed by atoms with Gasteiger partial charge in [-0.05, 0) is 73.1 Å². The van der Waals surface area contributed by atoms with Crippen molar-refractivity contribution in [2.45, 2.75) is 52.6 Å². The highest BCUT2D eigenvalue weighted by Crippen LogP contribution is 2.48. The molecule has 0 radical (unpaired) electrons. The third-order valence-corrected chi connectivity index (χ3v) is 8.25. The van der Waals surface area contributed by atoms with Gasteiger partial charge in [-0.25, -0.2) is 0 Å². The maximum Gasteiger partial charge on any atom is 0.238 e. The molecule has 7 heteroatoms. The molecule has 2 aromatic rings. The number of phenols is 1. The number of aliphatic hydroxyl groups excluding tert-OH is 2. The summed E-state index contributed by atoms with van der Waals surface area (Å²) in [6, 6.07) is 13.7. The first-order valence-electron chi connectivity index (χ1n) is 13.3. The summed E-state index contributed by atoms with van der Waals surface area (Å²) in [5, 5.41) is 32.1. The molecule has 3 N–H and O–H groups in total. The summed E-state index contributed by atoms with van der Waals surface area (Å²) in [7, 11) is 0. The lowest BCUT2D eigenvalue weighted by atomic mass is 9.66. The minimum Gasteiger partial charge on any atom is -0.508 e. The van der Waals surface area contributed by atoms with Gasteiger partial charge in [-0.3, -0.25) is 14.5 Å². The van der Waals surface area contributed by atoms with Gasteiger partial charge in [-0.15, -0.1) is 0 Å². The van der Waals surface area contributed by atoms with Crippen LogP contribution in [0.3, 0.4) is 0 Å². The van der Waals surface area contributed by atoms with E-state index in [1.807, 2.05) is 32.9 Å². The van der Waals surface area contributed by atoms with Crippen molar-refractivity contribution < 1.29 is 24.9 Å². The number of halogens is 1. The molecule has 0 bridgehead atoms. The Hall–Kier alpha value is -2.93. The zero-order valence-electron chi connectivity index (χ0n) is 22.1. The lowest BCUT2D eigenvalue weighted by Crippen LogP contribution is -2.39. The normalized spacial score (nSPS) is 22.9. The average molecular weight is 538 g/mol. The van der Waals surface area contributed by atoms with Crippen LogP contribution >= 0.6 is 11.6 Å². The van der Waals surface area contributed by atoms with Crippen molar-refractivity contribution in [2.24, 2.45) is 23.7 Å². The van der Waals surface area contributed by atoms with E-state index in [0.717, 1.165) is 23.1 Å². The number of imide groups is 1. The van der Waals surface area contributed by atoms with Crippen molar-refractivity contribution in [3.05, 3.63) is 75.8 Å². The third kappa shape index (κ3) is 5.44. The van der Waals surface area contributed by atoms with Crippen molar-refractivity contribution in [1.82, 2.24) is 0 Å². The van der Waals surface area contributed by atoms with Gasteiger partial charge in [-0.2, -0.15) is 0 Å². The molecule has 6 nitrogen and oxygen atoms in total. The SMILES string of the molecule is CC/C(=C\c1ccc(O)cc1Cl)CC[C@@H](O)C1=C(C(C)C)C[C@H]2C(=O)N(c3ccccc3)C(=O)[C@H]2[C@H]1CO. The maximum absolute atomic E-state index is 13.6. The van der Waals surface area contributed by atoms with Gasteiger partial charge in [0.25, 0.3) is 0 Å². The Morgan fingerprint density at radius 2 is 1.84 bits per heavy atom. The van der Waals surface area contributed by atoms with Crippen LogP contribution in [0.4, 0.5) is 5.69 Å². The van der Waals surface area contributed by atoms with E-state index in [0.29, 0.717) is 35.5 Å². The van der Waals surface area contributed by atoms with Crippen LogP contribution in [0.25, 0.3) is 6.08 Å². The average Bonchev–Trinajstić information content (AvgIpc) is 3.16. The number of carbonyl (C=O) groups is 2. The molecule has 0 unspecified atom stereocenters. The summed E-state index contributed by atoms with van der Waals surface area (Å²) >= 11 is 6.29. The number of phenolic OH excluding ortho intramolecular Hbond substituents is 1. The minimum atomic E-state index is -0.857. The van der Waals surface area contributed by atoms with Crippen molar-refractivity contribution >= 4 is 35.2 Å². The molecule has 38 heavy (non-hydrogen) atoms. The van der Waals surface area contributed by atoms with Crippen LogP contribution in [0.2, 0.25) is 5.02 Å². The summed E-state index contributed by atoms with van der Waals surface area (Å²) in [5.41, 5.74) is 4.07. The number of carbonyl (C=O) groups excluding carboxylic acids is 2. The van der Waals surface area contributed by atoms with Gasteiger partial charge in [0.2, 0.25) is 11.8 Å². The highest BCUT2D eigenvalue weighted by Gasteiger charge is 2.55. The summed E-state index contributed by atoms with van der Waals surface area (Å²) in [4.78, 5) is 28.3. The number of allylic oxidation sites excluding steroid dienone is 2.